The molecule has 1 N–H and O–H groups in total. The Bertz CT molecular complexity index is 655. The number of hydrogen-bond donors (Lipinski definition) is 1. The topological polar surface area (TPSA) is 67.9 Å². The molecule has 1 saturated heterocycles. The highest BCUT2D eigenvalue weighted by molar-refractivity contribution is 5.89. The first-order chi connectivity index (χ1) is 12.6. The molecule has 1 aromatic rings. The van der Waals surface area contributed by atoms with Crippen molar-refractivity contribution in [3.63, 3.8) is 0 Å². The van der Waals surface area contributed by atoms with Gasteiger partial charge in [-0.15, -0.1) is 0 Å². The van der Waals surface area contributed by atoms with Crippen LogP contribution in [0.4, 0.5) is 0 Å². The molecule has 0 unspecified atom stereocenters. The number of carbonyl (C=O) groups is 2. The first kappa shape index (κ1) is 18.5. The Hall–Kier alpha value is -2.24. The van der Waals surface area contributed by atoms with Gasteiger partial charge in [-0.25, -0.2) is 0 Å². The zero-order valence-corrected chi connectivity index (χ0v) is 15.6. The van der Waals surface area contributed by atoms with E-state index in [0.29, 0.717) is 32.0 Å². The maximum Gasteiger partial charge on any atom is 0.225 e. The molecule has 6 heteroatoms. The Morgan fingerprint density at radius 3 is 2.69 bits per heavy atom. The lowest BCUT2D eigenvalue weighted by molar-refractivity contribution is -0.130. The summed E-state index contributed by atoms with van der Waals surface area (Å²) in [6.45, 7) is 1.09. The number of carbonyl (C=O) groups excluding carboxylic acids is 2. The van der Waals surface area contributed by atoms with Crippen LogP contribution in [-0.4, -0.2) is 50.1 Å². The van der Waals surface area contributed by atoms with Crippen LogP contribution in [0, 0.1) is 5.92 Å². The number of nitrogens with one attached hydrogen (secondary N) is 1. The van der Waals surface area contributed by atoms with Crippen LogP contribution in [0.15, 0.2) is 18.2 Å². The van der Waals surface area contributed by atoms with Gasteiger partial charge in [0.25, 0.3) is 0 Å². The van der Waals surface area contributed by atoms with E-state index in [1.165, 1.54) is 12.8 Å². The SMILES string of the molecule is COc1ccc(CCNC(=O)[C@H]2CC(=O)N(C3CCCC3)C2)c(OC)c1. The summed E-state index contributed by atoms with van der Waals surface area (Å²) >= 11 is 0. The second-order valence-corrected chi connectivity index (χ2v) is 7.10. The molecule has 26 heavy (non-hydrogen) atoms. The first-order valence-corrected chi connectivity index (χ1v) is 9.40. The van der Waals surface area contributed by atoms with Crippen molar-refractivity contribution in [3.05, 3.63) is 23.8 Å². The highest BCUT2D eigenvalue weighted by Crippen LogP contribution is 2.29. The molecule has 142 valence electrons. The summed E-state index contributed by atoms with van der Waals surface area (Å²) in [7, 11) is 3.24. The molecule has 3 rings (SSSR count). The van der Waals surface area contributed by atoms with Crippen molar-refractivity contribution in [1.29, 1.82) is 0 Å². The van der Waals surface area contributed by atoms with Gasteiger partial charge in [-0.3, -0.25) is 9.59 Å². The molecule has 1 aliphatic heterocycles. The first-order valence-electron chi connectivity index (χ1n) is 9.40. The van der Waals surface area contributed by atoms with E-state index in [0.717, 1.165) is 29.9 Å². The highest BCUT2D eigenvalue weighted by Gasteiger charge is 2.38. The van der Waals surface area contributed by atoms with Crippen LogP contribution in [0.2, 0.25) is 0 Å². The minimum absolute atomic E-state index is 0.0219. The molecule has 2 amide bonds. The number of methoxy groups -OCH3 is 2. The molecular formula is C20H28N2O4. The molecule has 1 aromatic carbocycles. The van der Waals surface area contributed by atoms with Crippen molar-refractivity contribution in [2.75, 3.05) is 27.3 Å². The van der Waals surface area contributed by atoms with E-state index in [9.17, 15) is 9.59 Å². The molecule has 1 saturated carbocycles. The van der Waals surface area contributed by atoms with Crippen molar-refractivity contribution in [2.24, 2.45) is 5.92 Å². The van der Waals surface area contributed by atoms with Crippen LogP contribution in [0.25, 0.3) is 0 Å². The minimum Gasteiger partial charge on any atom is -0.497 e. The number of nitrogens with zero attached hydrogens (tertiary/aromatic N) is 1. The summed E-state index contributed by atoms with van der Waals surface area (Å²) in [4.78, 5) is 26.6. The molecule has 0 spiro atoms. The quantitative estimate of drug-likeness (QED) is 0.809. The fraction of sp³-hybridized carbons (Fsp3) is 0.600. The van der Waals surface area contributed by atoms with Crippen molar-refractivity contribution < 1.29 is 19.1 Å². The second kappa shape index (κ2) is 8.43. The summed E-state index contributed by atoms with van der Waals surface area (Å²) in [6, 6.07) is 6.02. The summed E-state index contributed by atoms with van der Waals surface area (Å²) in [5.74, 6) is 1.38. The van der Waals surface area contributed by atoms with E-state index in [-0.39, 0.29) is 17.7 Å². The van der Waals surface area contributed by atoms with Gasteiger partial charge < -0.3 is 19.7 Å². The highest BCUT2D eigenvalue weighted by atomic mass is 16.5. The largest absolute Gasteiger partial charge is 0.497 e. The number of ether oxygens (including phenoxy) is 2. The van der Waals surface area contributed by atoms with Gasteiger partial charge >= 0.3 is 0 Å². The van der Waals surface area contributed by atoms with E-state index in [2.05, 4.69) is 5.32 Å². The van der Waals surface area contributed by atoms with Gasteiger partial charge in [-0.1, -0.05) is 18.9 Å². The van der Waals surface area contributed by atoms with E-state index < -0.39 is 0 Å². The lowest BCUT2D eigenvalue weighted by Crippen LogP contribution is -2.37. The number of likely N-dealkylation sites (tertiary alicyclic amines) is 1. The monoisotopic (exact) mass is 360 g/mol. The summed E-state index contributed by atoms with van der Waals surface area (Å²) in [5.41, 5.74) is 1.02. The predicted molar refractivity (Wildman–Crippen MR) is 98.3 cm³/mol. The zero-order valence-electron chi connectivity index (χ0n) is 15.6. The molecule has 1 heterocycles. The van der Waals surface area contributed by atoms with Gasteiger partial charge in [0.1, 0.15) is 11.5 Å². The predicted octanol–water partition coefficient (Wildman–Crippen LogP) is 2.15. The van der Waals surface area contributed by atoms with Gasteiger partial charge in [0.2, 0.25) is 11.8 Å². The Morgan fingerprint density at radius 1 is 1.23 bits per heavy atom. The molecule has 1 aliphatic carbocycles. The Morgan fingerprint density at radius 2 is 2.00 bits per heavy atom. The Kier molecular flexibility index (Phi) is 6.01. The maximum absolute atomic E-state index is 12.5. The fourth-order valence-corrected chi connectivity index (χ4v) is 4.00. The molecule has 0 radical (unpaired) electrons. The molecular weight excluding hydrogens is 332 g/mol. The normalized spacial score (nSPS) is 20.5. The molecule has 6 nitrogen and oxygen atoms in total. The average Bonchev–Trinajstić information content (AvgIpc) is 3.31. The second-order valence-electron chi connectivity index (χ2n) is 7.10. The zero-order chi connectivity index (χ0) is 18.5. The van der Waals surface area contributed by atoms with Gasteiger partial charge in [0, 0.05) is 31.6 Å². The van der Waals surface area contributed by atoms with E-state index in [1.807, 2.05) is 23.1 Å². The van der Waals surface area contributed by atoms with Crippen molar-refractivity contribution in [3.8, 4) is 11.5 Å². The third kappa shape index (κ3) is 4.11. The molecule has 1 atom stereocenters. The van der Waals surface area contributed by atoms with Crippen molar-refractivity contribution in [2.45, 2.75) is 44.6 Å². The third-order valence-corrected chi connectivity index (χ3v) is 5.48. The molecule has 2 fully saturated rings. The number of benzene rings is 1. The van der Waals surface area contributed by atoms with Crippen LogP contribution >= 0.6 is 0 Å². The average molecular weight is 360 g/mol. The Labute approximate surface area is 154 Å². The van der Waals surface area contributed by atoms with Gasteiger partial charge in [-0.2, -0.15) is 0 Å². The molecule has 0 bridgehead atoms. The van der Waals surface area contributed by atoms with Gasteiger partial charge in [0.05, 0.1) is 20.1 Å². The van der Waals surface area contributed by atoms with Crippen LogP contribution in [0.1, 0.15) is 37.7 Å². The minimum atomic E-state index is -0.221. The van der Waals surface area contributed by atoms with Crippen LogP contribution in [-0.2, 0) is 16.0 Å². The van der Waals surface area contributed by atoms with Gasteiger partial charge in [-0.05, 0) is 30.9 Å². The van der Waals surface area contributed by atoms with Crippen LogP contribution < -0.4 is 14.8 Å². The molecule has 0 aromatic heterocycles. The smallest absolute Gasteiger partial charge is 0.225 e. The summed E-state index contributed by atoms with van der Waals surface area (Å²) in [6.07, 6.45) is 5.55. The summed E-state index contributed by atoms with van der Waals surface area (Å²) < 4.78 is 10.6. The lowest BCUT2D eigenvalue weighted by atomic mass is 10.1. The van der Waals surface area contributed by atoms with Crippen molar-refractivity contribution >= 4 is 11.8 Å². The number of rotatable bonds is 7. The Balaban J connectivity index is 1.49. The number of amides is 2. The third-order valence-electron chi connectivity index (χ3n) is 5.48. The standard InChI is InChI=1S/C20H28N2O4/c1-25-17-8-7-14(18(12-17)26-2)9-10-21-20(24)15-11-19(23)22(13-15)16-5-3-4-6-16/h7-8,12,15-16H,3-6,9-11,13H2,1-2H3,(H,21,24)/t15-/m0/s1. The maximum atomic E-state index is 12.5. The van der Waals surface area contributed by atoms with Crippen LogP contribution in [0.5, 0.6) is 11.5 Å². The molecule has 2 aliphatic rings. The van der Waals surface area contributed by atoms with E-state index in [1.54, 1.807) is 14.2 Å². The van der Waals surface area contributed by atoms with Gasteiger partial charge in [0.15, 0.2) is 0 Å². The van der Waals surface area contributed by atoms with Crippen molar-refractivity contribution in [1.82, 2.24) is 10.2 Å². The van der Waals surface area contributed by atoms with E-state index in [4.69, 9.17) is 9.47 Å². The summed E-state index contributed by atoms with van der Waals surface area (Å²) in [5, 5.41) is 2.98. The number of hydrogen-bond acceptors (Lipinski definition) is 4. The van der Waals surface area contributed by atoms with E-state index >= 15 is 0 Å². The van der Waals surface area contributed by atoms with Crippen LogP contribution in [0.3, 0.4) is 0 Å². The lowest BCUT2D eigenvalue weighted by Gasteiger charge is -2.23. The fourth-order valence-electron chi connectivity index (χ4n) is 4.00.